The van der Waals surface area contributed by atoms with E-state index in [-0.39, 0.29) is 29.4 Å². The minimum absolute atomic E-state index is 0.0177. The number of halogens is 2. The van der Waals surface area contributed by atoms with Crippen LogP contribution in [0.1, 0.15) is 16.8 Å². The van der Waals surface area contributed by atoms with E-state index >= 15 is 0 Å². The van der Waals surface area contributed by atoms with E-state index in [4.69, 9.17) is 11.6 Å². The van der Waals surface area contributed by atoms with Crippen LogP contribution in [0, 0.1) is 5.92 Å². The molecule has 108 valence electrons. The van der Waals surface area contributed by atoms with Crippen LogP contribution in [0.4, 0.5) is 9.70 Å². The highest BCUT2D eigenvalue weighted by Crippen LogP contribution is 2.29. The Hall–Kier alpha value is -1.54. The van der Waals surface area contributed by atoms with Gasteiger partial charge < -0.3 is 0 Å². The Balaban J connectivity index is 2.29. The fraction of sp³-hybridized carbons (Fsp3) is 0.364. The second kappa shape index (κ2) is 5.45. The predicted molar refractivity (Wildman–Crippen MR) is 70.0 cm³/mol. The number of carbonyl (C=O) groups is 2. The lowest BCUT2D eigenvalue weighted by molar-refractivity contribution is -0.117. The number of pyridine rings is 1. The largest absolute Gasteiger partial charge is 0.302 e. The minimum Gasteiger partial charge on any atom is -0.298 e. The van der Waals surface area contributed by atoms with Crippen molar-refractivity contribution in [3.05, 3.63) is 22.8 Å². The van der Waals surface area contributed by atoms with Crippen molar-refractivity contribution >= 4 is 39.8 Å². The highest BCUT2D eigenvalue weighted by molar-refractivity contribution is 7.86. The molecule has 9 heteroatoms. The maximum absolute atomic E-state index is 12.7. The third-order valence-corrected chi connectivity index (χ3v) is 4.13. The molecule has 1 aromatic heterocycles. The lowest BCUT2D eigenvalue weighted by atomic mass is 10.1. The summed E-state index contributed by atoms with van der Waals surface area (Å²) in [5.41, 5.74) is 0.0475. The standard InChI is InChI=1S/C11H10ClFN2O4S/c12-9-1-2-14-11(8(9)5-16)15-4-7(3-10(15)17)6-20(13,18)19/h1-2,5,7H,3-4,6H2. The van der Waals surface area contributed by atoms with Gasteiger partial charge in [-0.25, -0.2) is 4.98 Å². The Morgan fingerprint density at radius 3 is 2.85 bits per heavy atom. The first-order chi connectivity index (χ1) is 9.31. The molecule has 2 rings (SSSR count). The Morgan fingerprint density at radius 1 is 1.55 bits per heavy atom. The van der Waals surface area contributed by atoms with Crippen LogP contribution in [0.15, 0.2) is 12.3 Å². The molecule has 0 saturated carbocycles. The molecule has 0 aromatic carbocycles. The molecule has 1 unspecified atom stereocenters. The van der Waals surface area contributed by atoms with E-state index in [1.165, 1.54) is 12.3 Å². The van der Waals surface area contributed by atoms with Crippen molar-refractivity contribution in [3.63, 3.8) is 0 Å². The number of aldehydes is 1. The van der Waals surface area contributed by atoms with E-state index in [9.17, 15) is 21.9 Å². The van der Waals surface area contributed by atoms with Crippen molar-refractivity contribution in [2.75, 3.05) is 17.2 Å². The molecule has 1 aromatic rings. The van der Waals surface area contributed by atoms with E-state index in [1.807, 2.05) is 0 Å². The predicted octanol–water partition coefficient (Wildman–Crippen LogP) is 1.20. The Kier molecular flexibility index (Phi) is 4.05. The van der Waals surface area contributed by atoms with Gasteiger partial charge in [-0.1, -0.05) is 11.6 Å². The highest BCUT2D eigenvalue weighted by atomic mass is 35.5. The number of hydrogen-bond acceptors (Lipinski definition) is 5. The van der Waals surface area contributed by atoms with E-state index in [0.29, 0.717) is 6.29 Å². The maximum atomic E-state index is 12.7. The lowest BCUT2D eigenvalue weighted by Crippen LogP contribution is -2.27. The molecular formula is C11H10ClFN2O4S. The van der Waals surface area contributed by atoms with Crippen molar-refractivity contribution in [1.29, 1.82) is 0 Å². The van der Waals surface area contributed by atoms with Gasteiger partial charge in [0, 0.05) is 25.1 Å². The Labute approximate surface area is 119 Å². The quantitative estimate of drug-likeness (QED) is 0.615. The number of amides is 1. The van der Waals surface area contributed by atoms with Gasteiger partial charge in [0.2, 0.25) is 5.91 Å². The summed E-state index contributed by atoms with van der Waals surface area (Å²) >= 11 is 5.83. The van der Waals surface area contributed by atoms with Crippen LogP contribution in [0.5, 0.6) is 0 Å². The summed E-state index contributed by atoms with van der Waals surface area (Å²) in [7, 11) is -4.66. The van der Waals surface area contributed by atoms with Crippen LogP contribution < -0.4 is 4.90 Å². The molecule has 0 spiro atoms. The SMILES string of the molecule is O=Cc1c(Cl)ccnc1N1CC(CS(=O)(=O)F)CC1=O. The fourth-order valence-corrected chi connectivity index (χ4v) is 3.11. The van der Waals surface area contributed by atoms with Gasteiger partial charge in [-0.15, -0.1) is 3.89 Å². The maximum Gasteiger partial charge on any atom is 0.302 e. The molecule has 0 bridgehead atoms. The van der Waals surface area contributed by atoms with Gasteiger partial charge in [-0.05, 0) is 6.07 Å². The first kappa shape index (κ1) is 14.9. The lowest BCUT2D eigenvalue weighted by Gasteiger charge is -2.17. The second-order valence-electron chi connectivity index (χ2n) is 4.43. The monoisotopic (exact) mass is 320 g/mol. The number of nitrogens with zero attached hydrogens (tertiary/aromatic N) is 2. The van der Waals surface area contributed by atoms with E-state index in [2.05, 4.69) is 4.98 Å². The summed E-state index contributed by atoms with van der Waals surface area (Å²) in [6.45, 7) is -0.0177. The van der Waals surface area contributed by atoms with E-state index in [0.717, 1.165) is 4.90 Å². The van der Waals surface area contributed by atoms with Crippen molar-refractivity contribution < 1.29 is 21.9 Å². The van der Waals surface area contributed by atoms with Crippen molar-refractivity contribution in [3.8, 4) is 0 Å². The second-order valence-corrected chi connectivity index (χ2v) is 6.25. The zero-order valence-corrected chi connectivity index (χ0v) is 11.7. The molecule has 2 heterocycles. The summed E-state index contributed by atoms with van der Waals surface area (Å²) in [5, 5.41) is 0.138. The van der Waals surface area contributed by atoms with Crippen molar-refractivity contribution in [1.82, 2.24) is 4.98 Å². The van der Waals surface area contributed by atoms with Gasteiger partial charge in [-0.3, -0.25) is 14.5 Å². The van der Waals surface area contributed by atoms with Crippen LogP contribution in [0.25, 0.3) is 0 Å². The molecule has 0 aliphatic carbocycles. The smallest absolute Gasteiger partial charge is 0.298 e. The minimum atomic E-state index is -4.66. The fourth-order valence-electron chi connectivity index (χ4n) is 2.14. The summed E-state index contributed by atoms with van der Waals surface area (Å²) in [4.78, 5) is 27.9. The van der Waals surface area contributed by atoms with Gasteiger partial charge in [0.15, 0.2) is 6.29 Å². The average molecular weight is 321 g/mol. The number of hydrogen-bond donors (Lipinski definition) is 0. The third kappa shape index (κ3) is 3.13. The van der Waals surface area contributed by atoms with Gasteiger partial charge in [0.25, 0.3) is 0 Å². The summed E-state index contributed by atoms with van der Waals surface area (Å²) in [6, 6.07) is 1.40. The zero-order chi connectivity index (χ0) is 14.9. The van der Waals surface area contributed by atoms with Gasteiger partial charge in [0.1, 0.15) is 5.82 Å². The molecule has 1 fully saturated rings. The van der Waals surface area contributed by atoms with Crippen molar-refractivity contribution in [2.24, 2.45) is 5.92 Å². The van der Waals surface area contributed by atoms with Crippen LogP contribution in [0.3, 0.4) is 0 Å². The molecule has 6 nitrogen and oxygen atoms in total. The highest BCUT2D eigenvalue weighted by Gasteiger charge is 2.35. The molecule has 1 atom stereocenters. The molecule has 1 saturated heterocycles. The van der Waals surface area contributed by atoms with E-state index in [1.54, 1.807) is 0 Å². The Morgan fingerprint density at radius 2 is 2.25 bits per heavy atom. The van der Waals surface area contributed by atoms with Crippen LogP contribution in [0.2, 0.25) is 5.02 Å². The molecular weight excluding hydrogens is 311 g/mol. The average Bonchev–Trinajstić information content (AvgIpc) is 2.67. The van der Waals surface area contributed by atoms with E-state index < -0.39 is 27.8 Å². The molecule has 1 amide bonds. The topological polar surface area (TPSA) is 84.4 Å². The first-order valence-electron chi connectivity index (χ1n) is 5.64. The van der Waals surface area contributed by atoms with Gasteiger partial charge in [0.05, 0.1) is 16.3 Å². The number of aromatic nitrogens is 1. The summed E-state index contributed by atoms with van der Waals surface area (Å²) < 4.78 is 33.9. The number of rotatable bonds is 4. The molecule has 1 aliphatic rings. The number of carbonyl (C=O) groups excluding carboxylic acids is 2. The van der Waals surface area contributed by atoms with Crippen LogP contribution >= 0.6 is 11.6 Å². The summed E-state index contributed by atoms with van der Waals surface area (Å²) in [6.07, 6.45) is 1.68. The van der Waals surface area contributed by atoms with Gasteiger partial charge in [-0.2, -0.15) is 8.42 Å². The zero-order valence-electron chi connectivity index (χ0n) is 10.1. The van der Waals surface area contributed by atoms with Crippen molar-refractivity contribution in [2.45, 2.75) is 6.42 Å². The summed E-state index contributed by atoms with van der Waals surface area (Å²) in [5.74, 6) is -1.75. The third-order valence-electron chi connectivity index (χ3n) is 2.93. The Bertz CT molecular complexity index is 664. The first-order valence-corrected chi connectivity index (χ1v) is 7.57. The van der Waals surface area contributed by atoms with Crippen LogP contribution in [-0.4, -0.2) is 37.9 Å². The normalized spacial score (nSPS) is 19.4. The number of anilines is 1. The molecule has 20 heavy (non-hydrogen) atoms. The van der Waals surface area contributed by atoms with Gasteiger partial charge >= 0.3 is 10.2 Å². The molecule has 0 N–H and O–H groups in total. The molecule has 0 radical (unpaired) electrons. The molecule has 1 aliphatic heterocycles. The van der Waals surface area contributed by atoms with Crippen LogP contribution in [-0.2, 0) is 15.0 Å².